The molecule has 0 N–H and O–H groups in total. The first kappa shape index (κ1) is 18.2. The van der Waals surface area contributed by atoms with Crippen LogP contribution >= 0.6 is 0 Å². The molecule has 3 rings (SSSR count). The van der Waals surface area contributed by atoms with Gasteiger partial charge in [0.25, 0.3) is 0 Å². The Kier molecular flexibility index (Phi) is 5.27. The number of benzene rings is 1. The standard InChI is InChI=1S/C21H30.Hf/c1-6-21(7-2)13-17-10-15-8-9-16(12-20(3,4)5)19(15)11-18(17)14-21;/h8-11,16H,6-7,12-14H2,1-5H3;. The molecule has 1 heteroatoms. The molecule has 1 unspecified atom stereocenters. The van der Waals surface area contributed by atoms with Crippen molar-refractivity contribution < 1.29 is 25.8 Å². The van der Waals surface area contributed by atoms with E-state index in [9.17, 15) is 0 Å². The molecule has 0 fully saturated rings. The van der Waals surface area contributed by atoms with Gasteiger partial charge in [0, 0.05) is 31.8 Å². The summed E-state index contributed by atoms with van der Waals surface area (Å²) in [6, 6.07) is 5.05. The van der Waals surface area contributed by atoms with Crippen molar-refractivity contribution in [2.24, 2.45) is 10.8 Å². The van der Waals surface area contributed by atoms with E-state index in [0.29, 0.717) is 16.7 Å². The summed E-state index contributed by atoms with van der Waals surface area (Å²) in [6.45, 7) is 11.8. The molecule has 0 bridgehead atoms. The van der Waals surface area contributed by atoms with E-state index in [1.165, 1.54) is 37.7 Å². The number of rotatable bonds is 3. The summed E-state index contributed by atoms with van der Waals surface area (Å²) < 4.78 is 0. The molecule has 0 amide bonds. The number of fused-ring (bicyclic) bond motifs is 2. The van der Waals surface area contributed by atoms with Gasteiger partial charge in [-0.1, -0.05) is 58.9 Å². The molecule has 0 heterocycles. The van der Waals surface area contributed by atoms with Gasteiger partial charge in [-0.15, -0.1) is 0 Å². The van der Waals surface area contributed by atoms with Crippen molar-refractivity contribution in [2.75, 3.05) is 0 Å². The largest absolute Gasteiger partial charge is 0.0764 e. The fourth-order valence-electron chi connectivity index (χ4n) is 4.30. The molecule has 2 aliphatic carbocycles. The van der Waals surface area contributed by atoms with Crippen LogP contribution in [0.3, 0.4) is 0 Å². The average molecular weight is 461 g/mol. The van der Waals surface area contributed by atoms with Gasteiger partial charge >= 0.3 is 0 Å². The van der Waals surface area contributed by atoms with Gasteiger partial charge in [-0.05, 0) is 65.2 Å². The van der Waals surface area contributed by atoms with Gasteiger partial charge in [0.15, 0.2) is 0 Å². The third-order valence-corrected chi connectivity index (χ3v) is 5.78. The van der Waals surface area contributed by atoms with Crippen LogP contribution in [0, 0.1) is 10.8 Å². The maximum absolute atomic E-state index is 2.55. The summed E-state index contributed by atoms with van der Waals surface area (Å²) in [7, 11) is 0. The van der Waals surface area contributed by atoms with E-state index in [0.717, 1.165) is 0 Å². The Balaban J connectivity index is 0.00000176. The van der Waals surface area contributed by atoms with E-state index in [4.69, 9.17) is 0 Å². The number of allylic oxidation sites excluding steroid dienone is 1. The van der Waals surface area contributed by atoms with Gasteiger partial charge in [-0.3, -0.25) is 0 Å². The summed E-state index contributed by atoms with van der Waals surface area (Å²) in [6.07, 6.45) is 11.3. The van der Waals surface area contributed by atoms with E-state index >= 15 is 0 Å². The zero-order chi connectivity index (χ0) is 15.3. The van der Waals surface area contributed by atoms with Crippen LogP contribution in [0.1, 0.15) is 82.1 Å². The molecule has 0 spiro atoms. The Labute approximate surface area is 155 Å². The molecule has 1 aromatic rings. The van der Waals surface area contributed by atoms with Gasteiger partial charge in [0.1, 0.15) is 0 Å². The van der Waals surface area contributed by atoms with Crippen molar-refractivity contribution in [3.05, 3.63) is 40.5 Å². The minimum atomic E-state index is 0. The second kappa shape index (κ2) is 6.38. The fourth-order valence-corrected chi connectivity index (χ4v) is 4.30. The molecule has 0 saturated carbocycles. The van der Waals surface area contributed by atoms with E-state index in [2.05, 4.69) is 58.9 Å². The third-order valence-electron chi connectivity index (χ3n) is 5.78. The SMILES string of the molecule is CCC1(CC)Cc2cc3c(cc2C1)C(CC(C)(C)C)C=C3.[Hf]. The second-order valence-corrected chi connectivity index (χ2v) is 8.54. The van der Waals surface area contributed by atoms with Crippen molar-refractivity contribution in [3.8, 4) is 0 Å². The Morgan fingerprint density at radius 1 is 1.05 bits per heavy atom. The molecule has 0 radical (unpaired) electrons. The molecular weight excluding hydrogens is 431 g/mol. The maximum Gasteiger partial charge on any atom is 0.00323 e. The van der Waals surface area contributed by atoms with Crippen LogP contribution in [0.5, 0.6) is 0 Å². The Morgan fingerprint density at radius 3 is 2.18 bits per heavy atom. The Bertz CT molecular complexity index is 570. The first-order valence-electron chi connectivity index (χ1n) is 8.70. The van der Waals surface area contributed by atoms with Crippen LogP contribution in [0.15, 0.2) is 18.2 Å². The van der Waals surface area contributed by atoms with Crippen LogP contribution in [0.25, 0.3) is 6.08 Å². The maximum atomic E-state index is 2.55. The van der Waals surface area contributed by atoms with E-state index < -0.39 is 0 Å². The molecule has 0 nitrogen and oxygen atoms in total. The number of hydrogen-bond donors (Lipinski definition) is 0. The van der Waals surface area contributed by atoms with E-state index in [-0.39, 0.29) is 25.8 Å². The molecule has 2 aliphatic rings. The molecule has 22 heavy (non-hydrogen) atoms. The van der Waals surface area contributed by atoms with Gasteiger partial charge < -0.3 is 0 Å². The minimum absolute atomic E-state index is 0. The molecule has 0 saturated heterocycles. The molecular formula is C21H30Hf. The fraction of sp³-hybridized carbons (Fsp3) is 0.619. The zero-order valence-corrected chi connectivity index (χ0v) is 18.5. The van der Waals surface area contributed by atoms with Crippen LogP contribution < -0.4 is 0 Å². The van der Waals surface area contributed by atoms with Crippen LogP contribution in [-0.2, 0) is 38.7 Å². The summed E-state index contributed by atoms with van der Waals surface area (Å²) in [5, 5.41) is 0. The van der Waals surface area contributed by atoms with Crippen molar-refractivity contribution in [1.82, 2.24) is 0 Å². The predicted octanol–water partition coefficient (Wildman–Crippen LogP) is 6.14. The van der Waals surface area contributed by atoms with Crippen molar-refractivity contribution >= 4 is 6.08 Å². The number of hydrogen-bond acceptors (Lipinski definition) is 0. The van der Waals surface area contributed by atoms with Gasteiger partial charge in [-0.25, -0.2) is 0 Å². The average Bonchev–Trinajstić information content (AvgIpc) is 2.96. The van der Waals surface area contributed by atoms with Gasteiger partial charge in [0.05, 0.1) is 0 Å². The summed E-state index contributed by atoms with van der Waals surface area (Å²) in [5.41, 5.74) is 7.28. The van der Waals surface area contributed by atoms with E-state index in [1.54, 1.807) is 16.7 Å². The first-order valence-corrected chi connectivity index (χ1v) is 8.70. The van der Waals surface area contributed by atoms with Crippen LogP contribution in [0.4, 0.5) is 0 Å². The molecule has 1 atom stereocenters. The summed E-state index contributed by atoms with van der Waals surface area (Å²) in [4.78, 5) is 0. The Morgan fingerprint density at radius 2 is 1.64 bits per heavy atom. The van der Waals surface area contributed by atoms with Gasteiger partial charge in [-0.2, -0.15) is 0 Å². The topological polar surface area (TPSA) is 0 Å². The van der Waals surface area contributed by atoms with Gasteiger partial charge in [0.2, 0.25) is 0 Å². The van der Waals surface area contributed by atoms with Crippen molar-refractivity contribution in [2.45, 2.75) is 72.6 Å². The molecule has 1 aromatic carbocycles. The van der Waals surface area contributed by atoms with Crippen LogP contribution in [-0.4, -0.2) is 0 Å². The predicted molar refractivity (Wildman–Crippen MR) is 92.7 cm³/mol. The Hall–Kier alpha value is -0.170. The summed E-state index contributed by atoms with van der Waals surface area (Å²) in [5.74, 6) is 0.628. The van der Waals surface area contributed by atoms with E-state index in [1.807, 2.05) is 0 Å². The van der Waals surface area contributed by atoms with Crippen molar-refractivity contribution in [1.29, 1.82) is 0 Å². The zero-order valence-electron chi connectivity index (χ0n) is 14.9. The normalized spacial score (nSPS) is 21.4. The molecule has 0 aromatic heterocycles. The first-order chi connectivity index (χ1) is 9.86. The monoisotopic (exact) mass is 462 g/mol. The third kappa shape index (κ3) is 3.35. The summed E-state index contributed by atoms with van der Waals surface area (Å²) >= 11 is 0. The minimum Gasteiger partial charge on any atom is -0.0764 e. The smallest absolute Gasteiger partial charge is 0.00323 e. The quantitative estimate of drug-likeness (QED) is 0.475. The second-order valence-electron chi connectivity index (χ2n) is 8.54. The molecule has 0 aliphatic heterocycles. The van der Waals surface area contributed by atoms with Crippen LogP contribution in [0.2, 0.25) is 0 Å². The molecule has 118 valence electrons. The van der Waals surface area contributed by atoms with Crippen molar-refractivity contribution in [3.63, 3.8) is 0 Å².